The van der Waals surface area contributed by atoms with Crippen molar-refractivity contribution in [3.05, 3.63) is 18.2 Å². The summed E-state index contributed by atoms with van der Waals surface area (Å²) < 4.78 is 1.85. The first kappa shape index (κ1) is 8.44. The zero-order valence-electron chi connectivity index (χ0n) is 7.64. The van der Waals surface area contributed by atoms with Crippen LogP contribution in [-0.4, -0.2) is 26.0 Å². The van der Waals surface area contributed by atoms with Gasteiger partial charge in [0.05, 0.1) is 6.10 Å². The molecule has 1 aliphatic carbocycles. The monoisotopic (exact) mass is 179 g/mol. The molecule has 1 atom stereocenters. The molecule has 13 heavy (non-hydrogen) atoms. The molecule has 0 radical (unpaired) electrons. The third kappa shape index (κ3) is 1.49. The molecule has 1 aromatic heterocycles. The topological polar surface area (TPSA) is 50.9 Å². The number of hydrogen-bond donors (Lipinski definition) is 1. The zero-order valence-corrected chi connectivity index (χ0v) is 7.64. The van der Waals surface area contributed by atoms with E-state index in [0.717, 1.165) is 30.8 Å². The van der Waals surface area contributed by atoms with Crippen molar-refractivity contribution in [3.8, 4) is 0 Å². The van der Waals surface area contributed by atoms with Crippen LogP contribution in [0.15, 0.2) is 12.4 Å². The van der Waals surface area contributed by atoms with E-state index in [-0.39, 0.29) is 6.10 Å². The molecule has 0 spiro atoms. The zero-order chi connectivity index (χ0) is 9.26. The Morgan fingerprint density at radius 3 is 3.15 bits per heavy atom. The minimum Gasteiger partial charge on any atom is -0.389 e. The van der Waals surface area contributed by atoms with Crippen LogP contribution in [0.25, 0.3) is 5.57 Å². The van der Waals surface area contributed by atoms with E-state index in [9.17, 15) is 5.11 Å². The summed E-state index contributed by atoms with van der Waals surface area (Å²) in [6.07, 6.45) is 4.85. The minimum absolute atomic E-state index is 0.294. The molecule has 2 rings (SSSR count). The summed E-state index contributed by atoms with van der Waals surface area (Å²) in [5.74, 6) is 0.902. The molecule has 4 nitrogen and oxygen atoms in total. The number of aliphatic hydroxyl groups excluding tert-OH is 1. The molecule has 1 N–H and O–H groups in total. The van der Waals surface area contributed by atoms with Gasteiger partial charge in [-0.05, 0) is 31.4 Å². The van der Waals surface area contributed by atoms with Gasteiger partial charge in [-0.1, -0.05) is 0 Å². The molecular weight excluding hydrogens is 166 g/mol. The van der Waals surface area contributed by atoms with Crippen molar-refractivity contribution in [2.24, 2.45) is 0 Å². The minimum atomic E-state index is -0.294. The van der Waals surface area contributed by atoms with E-state index >= 15 is 0 Å². The predicted molar refractivity (Wildman–Crippen MR) is 48.9 cm³/mol. The fourth-order valence-electron chi connectivity index (χ4n) is 1.63. The molecule has 70 valence electrons. The Hall–Kier alpha value is -1.16. The van der Waals surface area contributed by atoms with Gasteiger partial charge < -0.3 is 5.11 Å². The second kappa shape index (κ2) is 3.30. The maximum atomic E-state index is 9.33. The van der Waals surface area contributed by atoms with Crippen LogP contribution in [0.4, 0.5) is 0 Å². The Balaban J connectivity index is 2.30. The van der Waals surface area contributed by atoms with Crippen LogP contribution in [0, 0.1) is 0 Å². The SMILES string of the molecule is CCn1ncnc1C1=CC(O)CC1. The number of aliphatic hydroxyl groups is 1. The van der Waals surface area contributed by atoms with Gasteiger partial charge in [0.2, 0.25) is 0 Å². The summed E-state index contributed by atoms with van der Waals surface area (Å²) in [5.41, 5.74) is 1.12. The Morgan fingerprint density at radius 1 is 1.69 bits per heavy atom. The van der Waals surface area contributed by atoms with E-state index in [1.54, 1.807) is 6.33 Å². The molecule has 0 saturated carbocycles. The predicted octanol–water partition coefficient (Wildman–Crippen LogP) is 0.836. The first-order valence-electron chi connectivity index (χ1n) is 4.58. The van der Waals surface area contributed by atoms with Crippen molar-refractivity contribution in [1.82, 2.24) is 14.8 Å². The largest absolute Gasteiger partial charge is 0.389 e. The van der Waals surface area contributed by atoms with Crippen molar-refractivity contribution in [1.29, 1.82) is 0 Å². The van der Waals surface area contributed by atoms with Gasteiger partial charge in [-0.3, -0.25) is 0 Å². The summed E-state index contributed by atoms with van der Waals surface area (Å²) in [7, 11) is 0. The van der Waals surface area contributed by atoms with Crippen LogP contribution in [0.1, 0.15) is 25.6 Å². The highest BCUT2D eigenvalue weighted by Crippen LogP contribution is 2.25. The first-order valence-corrected chi connectivity index (χ1v) is 4.58. The highest BCUT2D eigenvalue weighted by atomic mass is 16.3. The molecule has 1 heterocycles. The van der Waals surface area contributed by atoms with Gasteiger partial charge in [0, 0.05) is 6.54 Å². The highest BCUT2D eigenvalue weighted by molar-refractivity contribution is 5.62. The van der Waals surface area contributed by atoms with Crippen molar-refractivity contribution < 1.29 is 5.11 Å². The number of aryl methyl sites for hydroxylation is 1. The van der Waals surface area contributed by atoms with Gasteiger partial charge in [-0.15, -0.1) is 0 Å². The molecule has 0 aliphatic heterocycles. The first-order chi connectivity index (χ1) is 6.31. The molecule has 0 aromatic carbocycles. The lowest BCUT2D eigenvalue weighted by molar-refractivity contribution is 0.223. The van der Waals surface area contributed by atoms with Gasteiger partial charge in [0.1, 0.15) is 6.33 Å². The van der Waals surface area contributed by atoms with Crippen molar-refractivity contribution in [2.45, 2.75) is 32.4 Å². The van der Waals surface area contributed by atoms with Gasteiger partial charge in [0.25, 0.3) is 0 Å². The number of hydrogen-bond acceptors (Lipinski definition) is 3. The fourth-order valence-corrected chi connectivity index (χ4v) is 1.63. The quantitative estimate of drug-likeness (QED) is 0.731. The maximum absolute atomic E-state index is 9.33. The van der Waals surface area contributed by atoms with Crippen LogP contribution in [0.3, 0.4) is 0 Å². The highest BCUT2D eigenvalue weighted by Gasteiger charge is 2.17. The average molecular weight is 179 g/mol. The lowest BCUT2D eigenvalue weighted by Crippen LogP contribution is -2.01. The van der Waals surface area contributed by atoms with Gasteiger partial charge in [-0.25, -0.2) is 9.67 Å². The third-order valence-corrected chi connectivity index (χ3v) is 2.31. The Bertz CT molecular complexity index is 329. The van der Waals surface area contributed by atoms with E-state index in [1.807, 2.05) is 17.7 Å². The number of rotatable bonds is 2. The summed E-state index contributed by atoms with van der Waals surface area (Å²) in [6.45, 7) is 2.85. The fraction of sp³-hybridized carbons (Fsp3) is 0.556. The van der Waals surface area contributed by atoms with Gasteiger partial charge >= 0.3 is 0 Å². The maximum Gasteiger partial charge on any atom is 0.153 e. The third-order valence-electron chi connectivity index (χ3n) is 2.31. The number of allylic oxidation sites excluding steroid dienone is 1. The second-order valence-corrected chi connectivity index (χ2v) is 3.20. The van der Waals surface area contributed by atoms with Gasteiger partial charge in [0.15, 0.2) is 5.82 Å². The standard InChI is InChI=1S/C9H13N3O/c1-2-12-9(10-6-11-12)7-3-4-8(13)5-7/h5-6,8,13H,2-4H2,1H3. The van der Waals surface area contributed by atoms with E-state index < -0.39 is 0 Å². The Kier molecular flexibility index (Phi) is 2.14. The smallest absolute Gasteiger partial charge is 0.153 e. The van der Waals surface area contributed by atoms with Crippen molar-refractivity contribution >= 4 is 5.57 Å². The van der Waals surface area contributed by atoms with E-state index in [4.69, 9.17) is 0 Å². The molecule has 1 unspecified atom stereocenters. The molecule has 1 aliphatic rings. The summed E-state index contributed by atoms with van der Waals surface area (Å²) >= 11 is 0. The van der Waals surface area contributed by atoms with Crippen molar-refractivity contribution in [3.63, 3.8) is 0 Å². The summed E-state index contributed by atoms with van der Waals surface area (Å²) in [4.78, 5) is 4.18. The summed E-state index contributed by atoms with van der Waals surface area (Å²) in [6, 6.07) is 0. The van der Waals surface area contributed by atoms with Crippen LogP contribution in [0.2, 0.25) is 0 Å². The lowest BCUT2D eigenvalue weighted by Gasteiger charge is -2.01. The van der Waals surface area contributed by atoms with Crippen LogP contribution < -0.4 is 0 Å². The number of aromatic nitrogens is 3. The van der Waals surface area contributed by atoms with Crippen molar-refractivity contribution in [2.75, 3.05) is 0 Å². The molecule has 0 bridgehead atoms. The van der Waals surface area contributed by atoms with Crippen LogP contribution in [0.5, 0.6) is 0 Å². The second-order valence-electron chi connectivity index (χ2n) is 3.20. The molecule has 1 aromatic rings. The Morgan fingerprint density at radius 2 is 2.54 bits per heavy atom. The molecule has 0 fully saturated rings. The normalized spacial score (nSPS) is 22.0. The molecule has 0 amide bonds. The molecular formula is C9H13N3O. The average Bonchev–Trinajstić information content (AvgIpc) is 2.71. The lowest BCUT2D eigenvalue weighted by atomic mass is 10.2. The molecule has 4 heteroatoms. The van der Waals surface area contributed by atoms with Crippen LogP contribution in [-0.2, 0) is 6.54 Å². The van der Waals surface area contributed by atoms with Crippen LogP contribution >= 0.6 is 0 Å². The van der Waals surface area contributed by atoms with Gasteiger partial charge in [-0.2, -0.15) is 5.10 Å². The van der Waals surface area contributed by atoms with E-state index in [2.05, 4.69) is 10.1 Å². The van der Waals surface area contributed by atoms with E-state index in [0.29, 0.717) is 0 Å². The molecule has 0 saturated heterocycles. The van der Waals surface area contributed by atoms with E-state index in [1.165, 1.54) is 0 Å². The number of nitrogens with zero attached hydrogens (tertiary/aromatic N) is 3. The Labute approximate surface area is 76.9 Å². The summed E-state index contributed by atoms with van der Waals surface area (Å²) in [5, 5.41) is 13.4.